The van der Waals surface area contributed by atoms with Crippen molar-refractivity contribution in [3.8, 4) is 0 Å². The molecule has 0 fully saturated rings. The van der Waals surface area contributed by atoms with E-state index in [0.29, 0.717) is 6.54 Å². The molecule has 0 bridgehead atoms. The minimum Gasteiger partial charge on any atom is -0.462 e. The summed E-state index contributed by atoms with van der Waals surface area (Å²) in [6, 6.07) is 3.95. The topological polar surface area (TPSA) is 39.2 Å². The van der Waals surface area contributed by atoms with Crippen LogP contribution in [0.4, 0.5) is 0 Å². The van der Waals surface area contributed by atoms with Gasteiger partial charge in [0.25, 0.3) is 0 Å². The van der Waals surface area contributed by atoms with Crippen LogP contribution in [-0.4, -0.2) is 6.54 Å². The average molecular weight is 165 g/mol. The summed E-state index contributed by atoms with van der Waals surface area (Å²) < 4.78 is 5.43. The summed E-state index contributed by atoms with van der Waals surface area (Å²) in [6.45, 7) is 4.67. The van der Waals surface area contributed by atoms with E-state index < -0.39 is 0 Å². The van der Waals surface area contributed by atoms with E-state index in [1.807, 2.05) is 26.0 Å². The molecule has 2 heteroatoms. The van der Waals surface area contributed by atoms with Crippen LogP contribution in [0.25, 0.3) is 5.57 Å². The van der Waals surface area contributed by atoms with Crippen molar-refractivity contribution in [2.24, 2.45) is 5.73 Å². The Balaban J connectivity index is 2.70. The molecule has 0 saturated carbocycles. The van der Waals surface area contributed by atoms with Crippen molar-refractivity contribution in [1.82, 2.24) is 0 Å². The molecular weight excluding hydrogens is 150 g/mol. The molecule has 0 amide bonds. The Bertz CT molecular complexity index is 273. The van der Waals surface area contributed by atoms with E-state index in [4.69, 9.17) is 10.2 Å². The molecule has 0 radical (unpaired) electrons. The van der Waals surface area contributed by atoms with Crippen molar-refractivity contribution in [3.05, 3.63) is 29.7 Å². The Morgan fingerprint density at radius 2 is 2.33 bits per heavy atom. The highest BCUT2D eigenvalue weighted by molar-refractivity contribution is 5.59. The number of rotatable bonds is 3. The van der Waals surface area contributed by atoms with Gasteiger partial charge in [-0.05, 0) is 44.5 Å². The lowest BCUT2D eigenvalue weighted by molar-refractivity contribution is 0.521. The molecule has 0 aliphatic rings. The van der Waals surface area contributed by atoms with E-state index in [0.717, 1.165) is 23.5 Å². The van der Waals surface area contributed by atoms with E-state index in [1.54, 1.807) is 0 Å². The second-order valence-electron chi connectivity index (χ2n) is 2.87. The molecule has 0 saturated heterocycles. The van der Waals surface area contributed by atoms with Crippen LogP contribution in [0.5, 0.6) is 0 Å². The summed E-state index contributed by atoms with van der Waals surface area (Å²) in [7, 11) is 0. The highest BCUT2D eigenvalue weighted by Gasteiger charge is 1.98. The van der Waals surface area contributed by atoms with Gasteiger partial charge in [-0.2, -0.15) is 0 Å². The van der Waals surface area contributed by atoms with Gasteiger partial charge in [0, 0.05) is 0 Å². The Morgan fingerprint density at radius 1 is 1.58 bits per heavy atom. The second-order valence-corrected chi connectivity index (χ2v) is 2.87. The molecule has 1 heterocycles. The largest absolute Gasteiger partial charge is 0.462 e. The summed E-state index contributed by atoms with van der Waals surface area (Å²) in [5.74, 6) is 1.89. The molecule has 0 spiro atoms. The summed E-state index contributed by atoms with van der Waals surface area (Å²) in [4.78, 5) is 0. The number of allylic oxidation sites excluding steroid dienone is 1. The lowest BCUT2D eigenvalue weighted by Crippen LogP contribution is -1.95. The fraction of sp³-hybridized carbons (Fsp3) is 0.400. The zero-order chi connectivity index (χ0) is 8.97. The minimum atomic E-state index is 0.691. The monoisotopic (exact) mass is 165 g/mol. The maximum absolute atomic E-state index is 5.43. The van der Waals surface area contributed by atoms with Gasteiger partial charge < -0.3 is 10.2 Å². The van der Waals surface area contributed by atoms with Gasteiger partial charge in [-0.3, -0.25) is 0 Å². The zero-order valence-electron chi connectivity index (χ0n) is 7.63. The van der Waals surface area contributed by atoms with Crippen LogP contribution in [0.1, 0.15) is 24.9 Å². The van der Waals surface area contributed by atoms with E-state index in [9.17, 15) is 0 Å². The molecule has 66 valence electrons. The molecule has 1 aromatic rings. The molecule has 0 atom stereocenters. The van der Waals surface area contributed by atoms with Gasteiger partial charge in [0.2, 0.25) is 0 Å². The lowest BCUT2D eigenvalue weighted by atomic mass is 10.2. The van der Waals surface area contributed by atoms with Gasteiger partial charge >= 0.3 is 0 Å². The molecule has 0 unspecified atom stereocenters. The lowest BCUT2D eigenvalue weighted by Gasteiger charge is -1.94. The molecule has 2 N–H and O–H groups in total. The van der Waals surface area contributed by atoms with Gasteiger partial charge in [-0.1, -0.05) is 6.08 Å². The van der Waals surface area contributed by atoms with Crippen molar-refractivity contribution < 1.29 is 4.42 Å². The van der Waals surface area contributed by atoms with Crippen LogP contribution in [0.3, 0.4) is 0 Å². The molecule has 12 heavy (non-hydrogen) atoms. The Labute approximate surface area is 73.1 Å². The summed E-state index contributed by atoms with van der Waals surface area (Å²) in [5.41, 5.74) is 6.55. The first-order valence-electron chi connectivity index (χ1n) is 4.17. The van der Waals surface area contributed by atoms with E-state index in [-0.39, 0.29) is 0 Å². The van der Waals surface area contributed by atoms with Crippen LogP contribution in [0, 0.1) is 6.92 Å². The summed E-state index contributed by atoms with van der Waals surface area (Å²) >= 11 is 0. The van der Waals surface area contributed by atoms with Crippen molar-refractivity contribution in [2.45, 2.75) is 20.3 Å². The van der Waals surface area contributed by atoms with Crippen LogP contribution < -0.4 is 5.73 Å². The molecule has 0 aliphatic heterocycles. The quantitative estimate of drug-likeness (QED) is 0.746. The predicted octanol–water partition coefficient (Wildman–Crippen LogP) is 2.34. The molecule has 0 aliphatic carbocycles. The van der Waals surface area contributed by atoms with Gasteiger partial charge in [-0.15, -0.1) is 0 Å². The van der Waals surface area contributed by atoms with Crippen molar-refractivity contribution in [1.29, 1.82) is 0 Å². The number of hydrogen-bond acceptors (Lipinski definition) is 2. The smallest absolute Gasteiger partial charge is 0.129 e. The van der Waals surface area contributed by atoms with E-state index in [2.05, 4.69) is 6.08 Å². The third kappa shape index (κ3) is 2.24. The van der Waals surface area contributed by atoms with Crippen LogP contribution in [-0.2, 0) is 0 Å². The SMILES string of the molecule is CC(=CCCN)c1ccc(C)o1. The standard InChI is InChI=1S/C10H15NO/c1-8(4-3-7-11)10-6-5-9(2)12-10/h4-6H,3,7,11H2,1-2H3. The maximum atomic E-state index is 5.43. The van der Waals surface area contributed by atoms with Crippen LogP contribution >= 0.6 is 0 Å². The van der Waals surface area contributed by atoms with Crippen molar-refractivity contribution in [3.63, 3.8) is 0 Å². The van der Waals surface area contributed by atoms with Crippen molar-refractivity contribution >= 4 is 5.57 Å². The van der Waals surface area contributed by atoms with Gasteiger partial charge in [-0.25, -0.2) is 0 Å². The molecule has 2 nitrogen and oxygen atoms in total. The second kappa shape index (κ2) is 4.12. The third-order valence-electron chi connectivity index (χ3n) is 1.75. The Morgan fingerprint density at radius 3 is 2.83 bits per heavy atom. The number of nitrogens with two attached hydrogens (primary N) is 1. The van der Waals surface area contributed by atoms with Gasteiger partial charge in [0.05, 0.1) is 0 Å². The zero-order valence-corrected chi connectivity index (χ0v) is 7.63. The first kappa shape index (κ1) is 9.07. The van der Waals surface area contributed by atoms with Crippen molar-refractivity contribution in [2.75, 3.05) is 6.54 Å². The van der Waals surface area contributed by atoms with Crippen LogP contribution in [0.2, 0.25) is 0 Å². The summed E-state index contributed by atoms with van der Waals surface area (Å²) in [5, 5.41) is 0. The first-order chi connectivity index (χ1) is 5.74. The summed E-state index contributed by atoms with van der Waals surface area (Å²) in [6.07, 6.45) is 3.00. The van der Waals surface area contributed by atoms with E-state index >= 15 is 0 Å². The fourth-order valence-corrected chi connectivity index (χ4v) is 1.05. The molecule has 0 aromatic carbocycles. The van der Waals surface area contributed by atoms with Gasteiger partial charge in [0.15, 0.2) is 0 Å². The molecule has 1 rings (SSSR count). The maximum Gasteiger partial charge on any atom is 0.129 e. The molecular formula is C10H15NO. The van der Waals surface area contributed by atoms with Gasteiger partial charge in [0.1, 0.15) is 11.5 Å². The first-order valence-corrected chi connectivity index (χ1v) is 4.17. The number of hydrogen-bond donors (Lipinski definition) is 1. The number of furan rings is 1. The molecule has 1 aromatic heterocycles. The van der Waals surface area contributed by atoms with E-state index in [1.165, 1.54) is 0 Å². The third-order valence-corrected chi connectivity index (χ3v) is 1.75. The van der Waals surface area contributed by atoms with Crippen LogP contribution in [0.15, 0.2) is 22.6 Å². The Hall–Kier alpha value is -1.02. The fourth-order valence-electron chi connectivity index (χ4n) is 1.05. The normalized spacial score (nSPS) is 12.1. The Kier molecular flexibility index (Phi) is 3.11. The average Bonchev–Trinajstić information content (AvgIpc) is 2.47. The number of aryl methyl sites for hydroxylation is 1. The highest BCUT2D eigenvalue weighted by Crippen LogP contribution is 2.16. The highest BCUT2D eigenvalue weighted by atomic mass is 16.3. The minimum absolute atomic E-state index is 0.691. The predicted molar refractivity (Wildman–Crippen MR) is 50.8 cm³/mol.